The van der Waals surface area contributed by atoms with Gasteiger partial charge in [-0.25, -0.2) is 8.42 Å². The maximum Gasteiger partial charge on any atom is 0.196 e. The zero-order chi connectivity index (χ0) is 15.5. The fourth-order valence-corrected chi connectivity index (χ4v) is 4.90. The van der Waals surface area contributed by atoms with E-state index in [9.17, 15) is 8.42 Å². The Bertz CT molecular complexity index is 696. The number of methoxy groups -OCH3 is 2. The smallest absolute Gasteiger partial charge is 0.196 e. The molecule has 2 N–H and O–H groups in total. The second-order valence-electron chi connectivity index (χ2n) is 4.31. The van der Waals surface area contributed by atoms with Crippen LogP contribution in [0.2, 0.25) is 0 Å². The van der Waals surface area contributed by atoms with Crippen molar-refractivity contribution in [2.75, 3.05) is 20.8 Å². The standard InChI is InChI=1S/C14H17NO4S2/c1-18-10-5-6-12(19-2)11(8-10)13(9-15)21(16,17)14-4-3-7-20-14/h3-8,13H,9,15H2,1-2H3/t13-/m0/s1. The lowest BCUT2D eigenvalue weighted by Crippen LogP contribution is -2.22. The fourth-order valence-electron chi connectivity index (χ4n) is 2.08. The first-order valence-corrected chi connectivity index (χ1v) is 8.66. The molecule has 0 amide bonds. The van der Waals surface area contributed by atoms with Gasteiger partial charge in [0.1, 0.15) is 21.0 Å². The molecule has 0 bridgehead atoms. The third kappa shape index (κ3) is 3.04. The predicted octanol–water partition coefficient (Wildman–Crippen LogP) is 2.24. The molecule has 0 aliphatic heterocycles. The molecule has 2 aromatic rings. The zero-order valence-electron chi connectivity index (χ0n) is 11.8. The third-order valence-electron chi connectivity index (χ3n) is 3.15. The van der Waals surface area contributed by atoms with Crippen LogP contribution in [0.3, 0.4) is 0 Å². The van der Waals surface area contributed by atoms with Crippen LogP contribution in [0.4, 0.5) is 0 Å². The van der Waals surface area contributed by atoms with Gasteiger partial charge in [-0.3, -0.25) is 0 Å². The van der Waals surface area contributed by atoms with Gasteiger partial charge in [0.25, 0.3) is 0 Å². The minimum Gasteiger partial charge on any atom is -0.497 e. The molecule has 1 heterocycles. The van der Waals surface area contributed by atoms with Gasteiger partial charge in [-0.1, -0.05) is 6.07 Å². The minimum absolute atomic E-state index is 0.0379. The van der Waals surface area contributed by atoms with E-state index < -0.39 is 15.1 Å². The Labute approximate surface area is 128 Å². The second kappa shape index (κ2) is 6.46. The molecule has 5 nitrogen and oxygen atoms in total. The molecule has 114 valence electrons. The Kier molecular flexibility index (Phi) is 4.87. The normalized spacial score (nSPS) is 12.9. The number of benzene rings is 1. The first-order valence-electron chi connectivity index (χ1n) is 6.24. The summed E-state index contributed by atoms with van der Waals surface area (Å²) in [4.78, 5) is 0. The van der Waals surface area contributed by atoms with Crippen molar-refractivity contribution >= 4 is 21.2 Å². The van der Waals surface area contributed by atoms with E-state index in [1.54, 1.807) is 35.7 Å². The van der Waals surface area contributed by atoms with Crippen LogP contribution in [0.15, 0.2) is 39.9 Å². The monoisotopic (exact) mass is 327 g/mol. The van der Waals surface area contributed by atoms with Crippen molar-refractivity contribution in [1.29, 1.82) is 0 Å². The topological polar surface area (TPSA) is 78.6 Å². The Morgan fingerprint density at radius 2 is 2.00 bits per heavy atom. The highest BCUT2D eigenvalue weighted by molar-refractivity contribution is 7.93. The van der Waals surface area contributed by atoms with Crippen LogP contribution in [-0.2, 0) is 9.84 Å². The molecule has 0 fully saturated rings. The molecule has 0 aliphatic carbocycles. The first kappa shape index (κ1) is 15.8. The van der Waals surface area contributed by atoms with Gasteiger partial charge in [-0.15, -0.1) is 11.3 Å². The quantitative estimate of drug-likeness (QED) is 0.880. The van der Waals surface area contributed by atoms with E-state index in [-0.39, 0.29) is 6.54 Å². The molecule has 1 aromatic heterocycles. The van der Waals surface area contributed by atoms with Gasteiger partial charge in [-0.2, -0.15) is 0 Å². The van der Waals surface area contributed by atoms with Gasteiger partial charge in [0, 0.05) is 12.1 Å². The predicted molar refractivity (Wildman–Crippen MR) is 82.8 cm³/mol. The van der Waals surface area contributed by atoms with Gasteiger partial charge in [0.15, 0.2) is 9.84 Å². The Hall–Kier alpha value is -1.57. The SMILES string of the molecule is COc1ccc(OC)c([C@H](CN)S(=O)(=O)c2cccs2)c1. The van der Waals surface area contributed by atoms with Gasteiger partial charge in [-0.05, 0) is 29.6 Å². The molecule has 1 aromatic carbocycles. The molecule has 21 heavy (non-hydrogen) atoms. The fraction of sp³-hybridized carbons (Fsp3) is 0.286. The average molecular weight is 327 g/mol. The van der Waals surface area contributed by atoms with Crippen LogP contribution in [0.1, 0.15) is 10.8 Å². The molecule has 0 saturated heterocycles. The molecule has 0 aliphatic rings. The van der Waals surface area contributed by atoms with Gasteiger partial charge in [0.05, 0.1) is 14.2 Å². The van der Waals surface area contributed by atoms with Gasteiger partial charge >= 0.3 is 0 Å². The van der Waals surface area contributed by atoms with Crippen molar-refractivity contribution in [1.82, 2.24) is 0 Å². The second-order valence-corrected chi connectivity index (χ2v) is 7.61. The van der Waals surface area contributed by atoms with Crippen molar-refractivity contribution < 1.29 is 17.9 Å². The van der Waals surface area contributed by atoms with Gasteiger partial charge in [0.2, 0.25) is 0 Å². The minimum atomic E-state index is -3.56. The summed E-state index contributed by atoms with van der Waals surface area (Å²) in [6.45, 7) is -0.0379. The van der Waals surface area contributed by atoms with Crippen LogP contribution >= 0.6 is 11.3 Å². The number of rotatable bonds is 6. The maximum absolute atomic E-state index is 12.7. The molecule has 2 rings (SSSR count). The van der Waals surface area contributed by atoms with Crippen molar-refractivity contribution in [3.8, 4) is 11.5 Å². The number of sulfone groups is 1. The largest absolute Gasteiger partial charge is 0.497 e. The number of nitrogens with two attached hydrogens (primary N) is 1. The summed E-state index contributed by atoms with van der Waals surface area (Å²) in [6, 6.07) is 8.33. The summed E-state index contributed by atoms with van der Waals surface area (Å²) in [5.74, 6) is 1.04. The van der Waals surface area contributed by atoms with E-state index in [1.807, 2.05) is 0 Å². The molecule has 1 atom stereocenters. The summed E-state index contributed by atoms with van der Waals surface area (Å²) in [5, 5.41) is 0.852. The average Bonchev–Trinajstić information content (AvgIpc) is 3.02. The molecule has 0 spiro atoms. The van der Waals surface area contributed by atoms with E-state index in [4.69, 9.17) is 15.2 Å². The molecular weight excluding hydrogens is 310 g/mol. The lowest BCUT2D eigenvalue weighted by Gasteiger charge is -2.19. The van der Waals surface area contributed by atoms with Crippen molar-refractivity contribution in [3.05, 3.63) is 41.3 Å². The van der Waals surface area contributed by atoms with Crippen molar-refractivity contribution in [3.63, 3.8) is 0 Å². The molecule has 7 heteroatoms. The van der Waals surface area contributed by atoms with Crippen LogP contribution in [0.25, 0.3) is 0 Å². The Balaban J connectivity index is 2.56. The highest BCUT2D eigenvalue weighted by atomic mass is 32.2. The summed E-state index contributed by atoms with van der Waals surface area (Å²) in [5.41, 5.74) is 6.25. The zero-order valence-corrected chi connectivity index (χ0v) is 13.4. The maximum atomic E-state index is 12.7. The van der Waals surface area contributed by atoms with E-state index in [0.717, 1.165) is 0 Å². The van der Waals surface area contributed by atoms with Crippen molar-refractivity contribution in [2.24, 2.45) is 5.73 Å². The van der Waals surface area contributed by atoms with E-state index in [1.165, 1.54) is 25.6 Å². The first-order chi connectivity index (χ1) is 10.0. The Morgan fingerprint density at radius 1 is 1.24 bits per heavy atom. The third-order valence-corrected chi connectivity index (χ3v) is 6.69. The summed E-state index contributed by atoms with van der Waals surface area (Å²) < 4.78 is 36.2. The number of ether oxygens (including phenoxy) is 2. The summed E-state index contributed by atoms with van der Waals surface area (Å²) >= 11 is 1.18. The summed E-state index contributed by atoms with van der Waals surface area (Å²) in [6.07, 6.45) is 0. The number of hydrogen-bond donors (Lipinski definition) is 1. The van der Waals surface area contributed by atoms with Crippen molar-refractivity contribution in [2.45, 2.75) is 9.46 Å². The molecule has 0 radical (unpaired) electrons. The van der Waals surface area contributed by atoms with Gasteiger partial charge < -0.3 is 15.2 Å². The highest BCUT2D eigenvalue weighted by Gasteiger charge is 2.31. The Morgan fingerprint density at radius 3 is 2.52 bits per heavy atom. The van der Waals surface area contributed by atoms with Crippen LogP contribution < -0.4 is 15.2 Å². The van der Waals surface area contributed by atoms with Crippen LogP contribution in [0.5, 0.6) is 11.5 Å². The summed E-state index contributed by atoms with van der Waals surface area (Å²) in [7, 11) is -0.539. The highest BCUT2D eigenvalue weighted by Crippen LogP contribution is 2.37. The van der Waals surface area contributed by atoms with Crippen LogP contribution in [0, 0.1) is 0 Å². The van der Waals surface area contributed by atoms with E-state index >= 15 is 0 Å². The lowest BCUT2D eigenvalue weighted by molar-refractivity contribution is 0.398. The molecule has 0 saturated carbocycles. The molecule has 0 unspecified atom stereocenters. The molecular formula is C14H17NO4S2. The van der Waals surface area contributed by atoms with E-state index in [2.05, 4.69) is 0 Å². The number of thiophene rings is 1. The van der Waals surface area contributed by atoms with Crippen LogP contribution in [-0.4, -0.2) is 29.2 Å². The lowest BCUT2D eigenvalue weighted by atomic mass is 10.1. The number of hydrogen-bond acceptors (Lipinski definition) is 6. The van der Waals surface area contributed by atoms with E-state index in [0.29, 0.717) is 21.3 Å².